The predicted octanol–water partition coefficient (Wildman–Crippen LogP) is 3.56. The number of ether oxygens (including phenoxy) is 2. The Labute approximate surface area is 231 Å². The first-order chi connectivity index (χ1) is 19.3. The molecule has 11 heteroatoms. The maximum atomic E-state index is 13.9. The highest BCUT2D eigenvalue weighted by atomic mass is 32.1. The van der Waals surface area contributed by atoms with Gasteiger partial charge in [-0.05, 0) is 30.7 Å². The Kier molecular flexibility index (Phi) is 7.30. The van der Waals surface area contributed by atoms with Gasteiger partial charge in [0, 0.05) is 17.2 Å². The van der Waals surface area contributed by atoms with E-state index in [4.69, 9.17) is 14.5 Å². The Bertz CT molecular complexity index is 1840. The van der Waals surface area contributed by atoms with Crippen LogP contribution in [0.15, 0.2) is 88.2 Å². The summed E-state index contributed by atoms with van der Waals surface area (Å²) in [6.45, 7) is 1.81. The van der Waals surface area contributed by atoms with Crippen LogP contribution >= 0.6 is 11.3 Å². The minimum atomic E-state index is -0.915. The van der Waals surface area contributed by atoms with Crippen molar-refractivity contribution in [1.29, 1.82) is 0 Å². The first kappa shape index (κ1) is 26.6. The monoisotopic (exact) mass is 557 g/mol. The summed E-state index contributed by atoms with van der Waals surface area (Å²) in [6, 6.07) is 19.3. The van der Waals surface area contributed by atoms with Gasteiger partial charge in [-0.1, -0.05) is 65.9 Å². The van der Waals surface area contributed by atoms with Crippen LogP contribution in [0, 0.1) is 10.1 Å². The summed E-state index contributed by atoms with van der Waals surface area (Å²) in [5.74, 6) is -0.647. The lowest BCUT2D eigenvalue weighted by molar-refractivity contribution is -0.385. The van der Waals surface area contributed by atoms with Crippen LogP contribution < -0.4 is 19.6 Å². The number of hydrogen-bond acceptors (Lipinski definition) is 9. The number of nitro groups is 1. The van der Waals surface area contributed by atoms with Gasteiger partial charge in [0.2, 0.25) is 5.75 Å². The number of methoxy groups -OCH3 is 1. The number of phenolic OH excluding ortho intramolecular Hbond substituents is 1. The van der Waals surface area contributed by atoms with E-state index < -0.39 is 33.9 Å². The number of benzene rings is 3. The smallest absolute Gasteiger partial charge is 0.338 e. The second-order valence-corrected chi connectivity index (χ2v) is 9.69. The molecule has 1 aliphatic heterocycles. The molecule has 0 unspecified atom stereocenters. The van der Waals surface area contributed by atoms with Gasteiger partial charge < -0.3 is 14.6 Å². The second-order valence-electron chi connectivity index (χ2n) is 8.68. The zero-order valence-electron chi connectivity index (χ0n) is 21.4. The molecule has 2 heterocycles. The van der Waals surface area contributed by atoms with Crippen LogP contribution in [0.5, 0.6) is 11.5 Å². The SMILES string of the molecule is CCOC(=O)C1=C(c2ccccc2)N=c2sc(=Cc3cccc([N+](=O)[O-])c3O)c(=O)n2[C@H]1c1cccc(OC)c1. The summed E-state index contributed by atoms with van der Waals surface area (Å²) in [7, 11) is 1.52. The Morgan fingerprint density at radius 3 is 2.60 bits per heavy atom. The third-order valence-electron chi connectivity index (χ3n) is 6.31. The van der Waals surface area contributed by atoms with Crippen LogP contribution in [0.2, 0.25) is 0 Å². The molecule has 1 aromatic heterocycles. The van der Waals surface area contributed by atoms with Crippen LogP contribution in [0.4, 0.5) is 5.69 Å². The number of carbonyl (C=O) groups excluding carboxylic acids is 1. The molecule has 0 radical (unpaired) electrons. The molecular formula is C29H23N3O7S. The number of esters is 1. The van der Waals surface area contributed by atoms with Crippen molar-refractivity contribution in [3.05, 3.63) is 125 Å². The van der Waals surface area contributed by atoms with E-state index in [-0.39, 0.29) is 22.3 Å². The fourth-order valence-corrected chi connectivity index (χ4v) is 5.51. The molecule has 3 aromatic carbocycles. The van der Waals surface area contributed by atoms with E-state index in [0.717, 1.165) is 11.3 Å². The number of aromatic hydroxyl groups is 1. The van der Waals surface area contributed by atoms with Gasteiger partial charge in [-0.15, -0.1) is 0 Å². The van der Waals surface area contributed by atoms with Gasteiger partial charge in [-0.3, -0.25) is 19.5 Å². The fraction of sp³-hybridized carbons (Fsp3) is 0.138. The summed E-state index contributed by atoms with van der Waals surface area (Å²) in [5, 5.41) is 21.8. The fourth-order valence-electron chi connectivity index (χ4n) is 4.52. The van der Waals surface area contributed by atoms with Crippen molar-refractivity contribution < 1.29 is 24.3 Å². The number of hydrogen-bond donors (Lipinski definition) is 1. The normalized spacial score (nSPS) is 14.8. The minimum absolute atomic E-state index is 0.102. The highest BCUT2D eigenvalue weighted by Gasteiger charge is 2.35. The van der Waals surface area contributed by atoms with E-state index in [0.29, 0.717) is 27.4 Å². The Morgan fingerprint density at radius 1 is 1.15 bits per heavy atom. The Balaban J connectivity index is 1.84. The number of rotatable bonds is 7. The predicted molar refractivity (Wildman–Crippen MR) is 149 cm³/mol. The highest BCUT2D eigenvalue weighted by Crippen LogP contribution is 2.36. The van der Waals surface area contributed by atoms with Gasteiger partial charge in [-0.25, -0.2) is 9.79 Å². The van der Waals surface area contributed by atoms with Gasteiger partial charge in [0.15, 0.2) is 4.80 Å². The van der Waals surface area contributed by atoms with Gasteiger partial charge in [-0.2, -0.15) is 0 Å². The topological polar surface area (TPSA) is 133 Å². The van der Waals surface area contributed by atoms with Crippen molar-refractivity contribution in [2.24, 2.45) is 4.99 Å². The number of fused-ring (bicyclic) bond motifs is 1. The molecule has 4 aromatic rings. The first-order valence-electron chi connectivity index (χ1n) is 12.2. The summed E-state index contributed by atoms with van der Waals surface area (Å²) in [4.78, 5) is 43.1. The van der Waals surface area contributed by atoms with Crippen LogP contribution in [0.3, 0.4) is 0 Å². The van der Waals surface area contributed by atoms with E-state index >= 15 is 0 Å². The van der Waals surface area contributed by atoms with E-state index in [1.807, 2.05) is 30.3 Å². The van der Waals surface area contributed by atoms with Crippen molar-refractivity contribution in [2.45, 2.75) is 13.0 Å². The van der Waals surface area contributed by atoms with Gasteiger partial charge in [0.25, 0.3) is 5.56 Å². The van der Waals surface area contributed by atoms with Crippen LogP contribution in [0.1, 0.15) is 29.7 Å². The maximum Gasteiger partial charge on any atom is 0.338 e. The van der Waals surface area contributed by atoms with Crippen molar-refractivity contribution >= 4 is 34.8 Å². The van der Waals surface area contributed by atoms with Gasteiger partial charge in [0.05, 0.1) is 40.5 Å². The summed E-state index contributed by atoms with van der Waals surface area (Å²) < 4.78 is 12.4. The quantitative estimate of drug-likeness (QED) is 0.209. The Morgan fingerprint density at radius 2 is 1.90 bits per heavy atom. The largest absolute Gasteiger partial charge is 0.502 e. The zero-order chi connectivity index (χ0) is 28.4. The third-order valence-corrected chi connectivity index (χ3v) is 7.30. The molecule has 0 fully saturated rings. The molecular weight excluding hydrogens is 534 g/mol. The number of aromatic nitrogens is 1. The number of thiazole rings is 1. The van der Waals surface area contributed by atoms with E-state index in [1.165, 1.54) is 36.0 Å². The van der Waals surface area contributed by atoms with Crippen molar-refractivity contribution in [3.63, 3.8) is 0 Å². The lowest BCUT2D eigenvalue weighted by Gasteiger charge is -2.26. The average molecular weight is 558 g/mol. The number of carbonyl (C=O) groups is 1. The van der Waals surface area contributed by atoms with Crippen LogP contribution in [-0.2, 0) is 9.53 Å². The molecule has 0 spiro atoms. The van der Waals surface area contributed by atoms with Crippen LogP contribution in [-0.4, -0.2) is 34.3 Å². The molecule has 10 nitrogen and oxygen atoms in total. The minimum Gasteiger partial charge on any atom is -0.502 e. The lowest BCUT2D eigenvalue weighted by Crippen LogP contribution is -2.40. The Hall–Kier alpha value is -5.03. The summed E-state index contributed by atoms with van der Waals surface area (Å²) in [6.07, 6.45) is 1.38. The first-order valence-corrected chi connectivity index (χ1v) is 13.0. The molecule has 1 atom stereocenters. The lowest BCUT2D eigenvalue weighted by atomic mass is 9.93. The molecule has 0 bridgehead atoms. The molecule has 202 valence electrons. The van der Waals surface area contributed by atoms with Crippen LogP contribution in [0.25, 0.3) is 11.8 Å². The number of nitrogens with zero attached hydrogens (tertiary/aromatic N) is 3. The highest BCUT2D eigenvalue weighted by molar-refractivity contribution is 7.07. The van der Waals surface area contributed by atoms with E-state index in [2.05, 4.69) is 0 Å². The van der Waals surface area contributed by atoms with Crippen molar-refractivity contribution in [1.82, 2.24) is 4.57 Å². The molecule has 5 rings (SSSR count). The van der Waals surface area contributed by atoms with E-state index in [9.17, 15) is 24.8 Å². The number of nitro benzene ring substituents is 1. The number of phenols is 1. The molecule has 0 saturated carbocycles. The molecule has 0 saturated heterocycles. The standard InChI is InChI=1S/C29H23N3O7S/c1-3-39-28(35)23-24(17-9-5-4-6-10-17)30-29-31(25(23)18-11-7-13-20(15-18)38-2)27(34)22(40-29)16-19-12-8-14-21(26(19)33)32(36)37/h4-16,25,33H,3H2,1-2H3/t25-/m0/s1. The summed E-state index contributed by atoms with van der Waals surface area (Å²) in [5.41, 5.74) is 0.925. The maximum absolute atomic E-state index is 13.9. The molecule has 40 heavy (non-hydrogen) atoms. The molecule has 1 N–H and O–H groups in total. The summed E-state index contributed by atoms with van der Waals surface area (Å²) >= 11 is 1.04. The average Bonchev–Trinajstić information content (AvgIpc) is 3.28. The third kappa shape index (κ3) is 4.78. The van der Waals surface area contributed by atoms with Gasteiger partial charge >= 0.3 is 11.7 Å². The molecule has 1 aliphatic rings. The van der Waals surface area contributed by atoms with Crippen molar-refractivity contribution in [2.75, 3.05) is 13.7 Å². The zero-order valence-corrected chi connectivity index (χ0v) is 22.3. The van der Waals surface area contributed by atoms with E-state index in [1.54, 1.807) is 31.2 Å². The molecule has 0 aliphatic carbocycles. The van der Waals surface area contributed by atoms with Crippen molar-refractivity contribution in [3.8, 4) is 11.5 Å². The second kappa shape index (κ2) is 11.0. The number of para-hydroxylation sites is 1. The van der Waals surface area contributed by atoms with Gasteiger partial charge in [0.1, 0.15) is 5.75 Å². The molecule has 0 amide bonds.